The molecule has 19 heavy (non-hydrogen) atoms. The molecule has 4 nitrogen and oxygen atoms in total. The monoisotopic (exact) mass is 259 g/mol. The first-order chi connectivity index (χ1) is 9.07. The van der Waals surface area contributed by atoms with Crippen molar-refractivity contribution in [2.45, 2.75) is 51.7 Å². The molecule has 0 aliphatic carbocycles. The van der Waals surface area contributed by atoms with Gasteiger partial charge in [0.1, 0.15) is 17.4 Å². The van der Waals surface area contributed by atoms with Gasteiger partial charge in [0.15, 0.2) is 5.65 Å². The van der Waals surface area contributed by atoms with Crippen molar-refractivity contribution in [2.24, 2.45) is 0 Å². The Morgan fingerprint density at radius 1 is 1.32 bits per heavy atom. The van der Waals surface area contributed by atoms with E-state index < -0.39 is 0 Å². The van der Waals surface area contributed by atoms with Crippen molar-refractivity contribution in [1.82, 2.24) is 14.5 Å². The van der Waals surface area contributed by atoms with Crippen molar-refractivity contribution in [1.29, 1.82) is 0 Å². The first-order valence-electron chi connectivity index (χ1n) is 7.03. The molecule has 1 saturated heterocycles. The van der Waals surface area contributed by atoms with Crippen LogP contribution in [0.25, 0.3) is 11.2 Å². The van der Waals surface area contributed by atoms with Crippen molar-refractivity contribution in [3.05, 3.63) is 24.2 Å². The number of rotatable bonds is 1. The number of pyridine rings is 1. The van der Waals surface area contributed by atoms with E-state index in [1.807, 2.05) is 18.3 Å². The first-order valence-corrected chi connectivity index (χ1v) is 7.03. The van der Waals surface area contributed by atoms with Crippen LogP contribution in [0.15, 0.2) is 18.3 Å². The van der Waals surface area contributed by atoms with Gasteiger partial charge in [-0.25, -0.2) is 9.97 Å². The van der Waals surface area contributed by atoms with Gasteiger partial charge in [-0.05, 0) is 52.2 Å². The van der Waals surface area contributed by atoms with Crippen molar-refractivity contribution in [2.75, 3.05) is 6.61 Å². The van der Waals surface area contributed by atoms with Crippen LogP contribution in [0.3, 0.4) is 0 Å². The molecule has 0 aromatic carbocycles. The van der Waals surface area contributed by atoms with E-state index in [4.69, 9.17) is 9.72 Å². The van der Waals surface area contributed by atoms with Crippen LogP contribution in [0.4, 0.5) is 0 Å². The zero-order valence-electron chi connectivity index (χ0n) is 11.9. The second-order valence-corrected chi connectivity index (χ2v) is 6.18. The molecule has 3 heterocycles. The molecule has 0 saturated carbocycles. The van der Waals surface area contributed by atoms with Crippen LogP contribution in [0.2, 0.25) is 0 Å². The highest BCUT2D eigenvalue weighted by Gasteiger charge is 2.28. The van der Waals surface area contributed by atoms with Crippen LogP contribution in [-0.4, -0.2) is 21.1 Å². The summed E-state index contributed by atoms with van der Waals surface area (Å²) in [6.45, 7) is 7.41. The molecule has 1 unspecified atom stereocenters. The molecule has 1 atom stereocenters. The Hall–Kier alpha value is -1.42. The fourth-order valence-corrected chi connectivity index (χ4v) is 2.75. The first kappa shape index (κ1) is 12.6. The lowest BCUT2D eigenvalue weighted by Gasteiger charge is -2.29. The fraction of sp³-hybridized carbons (Fsp3) is 0.600. The number of hydrogen-bond donors (Lipinski definition) is 0. The number of nitrogens with zero attached hydrogens (tertiary/aromatic N) is 3. The molecule has 0 amide bonds. The summed E-state index contributed by atoms with van der Waals surface area (Å²) < 4.78 is 8.15. The highest BCUT2D eigenvalue weighted by atomic mass is 16.5. The van der Waals surface area contributed by atoms with Crippen LogP contribution < -0.4 is 0 Å². The summed E-state index contributed by atoms with van der Waals surface area (Å²) in [6.07, 6.45) is 5.37. The maximum Gasteiger partial charge on any atom is 0.160 e. The molecule has 0 N–H and O–H groups in total. The Kier molecular flexibility index (Phi) is 3.05. The summed E-state index contributed by atoms with van der Waals surface area (Å²) in [6, 6.07) is 3.96. The normalized spacial score (nSPS) is 20.9. The Labute approximate surface area is 113 Å². The molecule has 1 fully saturated rings. The van der Waals surface area contributed by atoms with Crippen LogP contribution in [0.1, 0.15) is 52.0 Å². The molecular formula is C15H21N3O. The van der Waals surface area contributed by atoms with Gasteiger partial charge < -0.3 is 9.30 Å². The second-order valence-electron chi connectivity index (χ2n) is 6.18. The topological polar surface area (TPSA) is 39.9 Å². The van der Waals surface area contributed by atoms with Gasteiger partial charge >= 0.3 is 0 Å². The van der Waals surface area contributed by atoms with Gasteiger partial charge in [0.25, 0.3) is 0 Å². The molecule has 3 rings (SSSR count). The number of hydrogen-bond acceptors (Lipinski definition) is 3. The molecular weight excluding hydrogens is 238 g/mol. The Morgan fingerprint density at radius 3 is 2.84 bits per heavy atom. The number of imidazole rings is 1. The van der Waals surface area contributed by atoms with Gasteiger partial charge in [-0.3, -0.25) is 0 Å². The SMILES string of the molecule is CC(C)(C)n1c(C2CCCCO2)nc2cccnc21. The fourth-order valence-electron chi connectivity index (χ4n) is 2.75. The molecule has 0 radical (unpaired) electrons. The second kappa shape index (κ2) is 4.60. The van der Waals surface area contributed by atoms with Crippen LogP contribution in [0, 0.1) is 0 Å². The average molecular weight is 259 g/mol. The van der Waals surface area contributed by atoms with Gasteiger partial charge in [-0.2, -0.15) is 0 Å². The van der Waals surface area contributed by atoms with E-state index in [0.717, 1.165) is 36.4 Å². The third-order valence-corrected chi connectivity index (χ3v) is 3.58. The van der Waals surface area contributed by atoms with E-state index in [1.165, 1.54) is 6.42 Å². The number of ether oxygens (including phenoxy) is 1. The summed E-state index contributed by atoms with van der Waals surface area (Å²) in [4.78, 5) is 9.29. The van der Waals surface area contributed by atoms with E-state index in [1.54, 1.807) is 0 Å². The smallest absolute Gasteiger partial charge is 0.160 e. The lowest BCUT2D eigenvalue weighted by atomic mass is 10.1. The number of fused-ring (bicyclic) bond motifs is 1. The Morgan fingerprint density at radius 2 is 2.16 bits per heavy atom. The predicted octanol–water partition coefficient (Wildman–Crippen LogP) is 3.43. The van der Waals surface area contributed by atoms with Crippen LogP contribution >= 0.6 is 0 Å². The lowest BCUT2D eigenvalue weighted by molar-refractivity contribution is 0.00561. The zero-order chi connectivity index (χ0) is 13.5. The third kappa shape index (κ3) is 2.25. The van der Waals surface area contributed by atoms with E-state index in [-0.39, 0.29) is 11.6 Å². The lowest BCUT2D eigenvalue weighted by Crippen LogP contribution is -2.27. The molecule has 102 valence electrons. The standard InChI is InChI=1S/C15H21N3O/c1-15(2,3)18-13-11(7-6-9-16-13)17-14(18)12-8-4-5-10-19-12/h6-7,9,12H,4-5,8,10H2,1-3H3. The minimum atomic E-state index is -0.0424. The quantitative estimate of drug-likeness (QED) is 0.787. The molecule has 1 aliphatic rings. The van der Waals surface area contributed by atoms with Crippen LogP contribution in [0.5, 0.6) is 0 Å². The van der Waals surface area contributed by atoms with Gasteiger partial charge in [-0.1, -0.05) is 0 Å². The molecule has 2 aromatic rings. The summed E-state index contributed by atoms with van der Waals surface area (Å²) in [5.41, 5.74) is 1.87. The van der Waals surface area contributed by atoms with E-state index in [9.17, 15) is 0 Å². The third-order valence-electron chi connectivity index (χ3n) is 3.58. The molecule has 2 aromatic heterocycles. The maximum absolute atomic E-state index is 5.92. The average Bonchev–Trinajstić information content (AvgIpc) is 2.79. The van der Waals surface area contributed by atoms with Crippen LogP contribution in [-0.2, 0) is 10.3 Å². The molecule has 0 spiro atoms. The van der Waals surface area contributed by atoms with Crippen molar-refractivity contribution in [3.63, 3.8) is 0 Å². The van der Waals surface area contributed by atoms with Crippen molar-refractivity contribution in [3.8, 4) is 0 Å². The summed E-state index contributed by atoms with van der Waals surface area (Å²) in [5.74, 6) is 1.03. The predicted molar refractivity (Wildman–Crippen MR) is 75.1 cm³/mol. The maximum atomic E-state index is 5.92. The largest absolute Gasteiger partial charge is 0.370 e. The molecule has 0 bridgehead atoms. The van der Waals surface area contributed by atoms with Crippen molar-refractivity contribution >= 4 is 11.2 Å². The highest BCUT2D eigenvalue weighted by Crippen LogP contribution is 2.33. The van der Waals surface area contributed by atoms with Gasteiger partial charge in [0.05, 0.1) is 0 Å². The zero-order valence-corrected chi connectivity index (χ0v) is 11.9. The van der Waals surface area contributed by atoms with E-state index in [0.29, 0.717) is 0 Å². The van der Waals surface area contributed by atoms with Gasteiger partial charge in [0, 0.05) is 18.3 Å². The van der Waals surface area contributed by atoms with Gasteiger partial charge in [0.2, 0.25) is 0 Å². The minimum Gasteiger partial charge on any atom is -0.370 e. The number of aromatic nitrogens is 3. The van der Waals surface area contributed by atoms with E-state index >= 15 is 0 Å². The van der Waals surface area contributed by atoms with E-state index in [2.05, 4.69) is 30.3 Å². The highest BCUT2D eigenvalue weighted by molar-refractivity contribution is 5.71. The van der Waals surface area contributed by atoms with Crippen molar-refractivity contribution < 1.29 is 4.74 Å². The Bertz CT molecular complexity index is 577. The molecule has 1 aliphatic heterocycles. The summed E-state index contributed by atoms with van der Waals surface area (Å²) in [7, 11) is 0. The minimum absolute atomic E-state index is 0.0424. The van der Waals surface area contributed by atoms with Gasteiger partial charge in [-0.15, -0.1) is 0 Å². The summed E-state index contributed by atoms with van der Waals surface area (Å²) >= 11 is 0. The Balaban J connectivity index is 2.17. The summed E-state index contributed by atoms with van der Waals surface area (Å²) in [5, 5.41) is 0. The molecule has 4 heteroatoms.